The number of aryl methyl sites for hydroxylation is 1. The molecule has 1 aliphatic rings. The third-order valence-corrected chi connectivity index (χ3v) is 4.87. The summed E-state index contributed by atoms with van der Waals surface area (Å²) >= 11 is 0. The van der Waals surface area contributed by atoms with Crippen LogP contribution in [0.3, 0.4) is 0 Å². The van der Waals surface area contributed by atoms with Crippen molar-refractivity contribution in [1.29, 1.82) is 0 Å². The van der Waals surface area contributed by atoms with Crippen LogP contribution in [0.4, 0.5) is 0 Å². The van der Waals surface area contributed by atoms with Crippen molar-refractivity contribution in [3.63, 3.8) is 0 Å². The van der Waals surface area contributed by atoms with Gasteiger partial charge in [0.25, 0.3) is 5.91 Å². The minimum Gasteiger partial charge on any atom is -0.450 e. The molecule has 0 radical (unpaired) electrons. The lowest BCUT2D eigenvalue weighted by Gasteiger charge is -2.26. The second-order valence-corrected chi connectivity index (χ2v) is 6.76. The van der Waals surface area contributed by atoms with Gasteiger partial charge in [0.1, 0.15) is 5.58 Å². The van der Waals surface area contributed by atoms with Crippen molar-refractivity contribution in [1.82, 2.24) is 5.32 Å². The van der Waals surface area contributed by atoms with Gasteiger partial charge < -0.3 is 14.5 Å². The normalized spacial score (nSPS) is 15.6. The average molecular weight is 377 g/mol. The molecule has 0 bridgehead atoms. The summed E-state index contributed by atoms with van der Waals surface area (Å²) in [6, 6.07) is 15.6. The van der Waals surface area contributed by atoms with Gasteiger partial charge >= 0.3 is 5.97 Å². The first-order valence-electron chi connectivity index (χ1n) is 9.19. The van der Waals surface area contributed by atoms with E-state index >= 15 is 0 Å². The van der Waals surface area contributed by atoms with E-state index in [0.717, 1.165) is 30.9 Å². The molecule has 0 fully saturated rings. The molecule has 142 valence electrons. The van der Waals surface area contributed by atoms with Crippen molar-refractivity contribution < 1.29 is 18.7 Å². The van der Waals surface area contributed by atoms with Crippen LogP contribution in [0.2, 0.25) is 0 Å². The van der Waals surface area contributed by atoms with Gasteiger partial charge in [-0.15, -0.1) is 0 Å². The Labute approximate surface area is 161 Å². The van der Waals surface area contributed by atoms with Crippen LogP contribution >= 0.6 is 0 Å². The Kier molecular flexibility index (Phi) is 4.93. The molecule has 6 heteroatoms. The molecule has 1 N–H and O–H groups in total. The molecule has 4 rings (SSSR count). The van der Waals surface area contributed by atoms with E-state index in [-0.39, 0.29) is 17.2 Å². The third-order valence-electron chi connectivity index (χ3n) is 4.87. The van der Waals surface area contributed by atoms with Crippen LogP contribution in [0, 0.1) is 0 Å². The summed E-state index contributed by atoms with van der Waals surface area (Å²) < 4.78 is 10.5. The van der Waals surface area contributed by atoms with Crippen molar-refractivity contribution in [2.24, 2.45) is 0 Å². The molecule has 1 heterocycles. The average Bonchev–Trinajstić information content (AvgIpc) is 2.72. The molecule has 0 saturated heterocycles. The zero-order chi connectivity index (χ0) is 19.5. The van der Waals surface area contributed by atoms with Crippen LogP contribution in [-0.4, -0.2) is 18.5 Å². The van der Waals surface area contributed by atoms with E-state index in [2.05, 4.69) is 11.4 Å². The van der Waals surface area contributed by atoms with Gasteiger partial charge in [0.15, 0.2) is 12.0 Å². The SMILES string of the molecule is O=C(COC(=O)c1cc(=O)c2ccccc2o1)NC1CCCc2ccccc21. The molecular weight excluding hydrogens is 358 g/mol. The van der Waals surface area contributed by atoms with Gasteiger partial charge in [-0.3, -0.25) is 9.59 Å². The monoisotopic (exact) mass is 377 g/mol. The number of rotatable bonds is 4. The molecule has 3 aromatic rings. The first-order chi connectivity index (χ1) is 13.6. The maximum absolute atomic E-state index is 12.3. The van der Waals surface area contributed by atoms with Gasteiger partial charge in [0.05, 0.1) is 11.4 Å². The number of para-hydroxylation sites is 1. The Morgan fingerprint density at radius 2 is 1.89 bits per heavy atom. The number of nitrogens with one attached hydrogen (secondary N) is 1. The molecule has 0 aliphatic heterocycles. The predicted molar refractivity (Wildman–Crippen MR) is 103 cm³/mol. The lowest BCUT2D eigenvalue weighted by molar-refractivity contribution is -0.125. The van der Waals surface area contributed by atoms with Crippen molar-refractivity contribution in [2.45, 2.75) is 25.3 Å². The van der Waals surface area contributed by atoms with Crippen LogP contribution in [0.15, 0.2) is 63.8 Å². The molecule has 6 nitrogen and oxygen atoms in total. The first kappa shape index (κ1) is 18.0. The number of ether oxygens (including phenoxy) is 1. The lowest BCUT2D eigenvalue weighted by atomic mass is 9.88. The highest BCUT2D eigenvalue weighted by Gasteiger charge is 2.22. The summed E-state index contributed by atoms with van der Waals surface area (Å²) in [6.07, 6.45) is 2.83. The second-order valence-electron chi connectivity index (χ2n) is 6.76. The van der Waals surface area contributed by atoms with Gasteiger partial charge in [0, 0.05) is 6.07 Å². The zero-order valence-electron chi connectivity index (χ0n) is 15.1. The Bertz CT molecular complexity index is 1100. The standard InChI is InChI=1S/C22H19NO5/c24-18-12-20(28-19-11-4-3-9-16(18)19)22(26)27-13-21(25)23-17-10-5-7-14-6-1-2-8-15(14)17/h1-4,6,8-9,11-12,17H,5,7,10,13H2,(H,23,25). The Balaban J connectivity index is 1.40. The number of amides is 1. The van der Waals surface area contributed by atoms with Gasteiger partial charge in [-0.1, -0.05) is 36.4 Å². The van der Waals surface area contributed by atoms with Crippen LogP contribution < -0.4 is 10.7 Å². The third kappa shape index (κ3) is 3.67. The molecule has 0 spiro atoms. The largest absolute Gasteiger partial charge is 0.450 e. The number of carbonyl (C=O) groups is 2. The predicted octanol–water partition coefficient (Wildman–Crippen LogP) is 3.14. The van der Waals surface area contributed by atoms with Gasteiger partial charge in [-0.05, 0) is 42.5 Å². The highest BCUT2D eigenvalue weighted by Crippen LogP contribution is 2.29. The summed E-state index contributed by atoms with van der Waals surface area (Å²) in [4.78, 5) is 36.5. The second kappa shape index (κ2) is 7.68. The van der Waals surface area contributed by atoms with E-state index in [1.54, 1.807) is 24.3 Å². The van der Waals surface area contributed by atoms with E-state index in [0.29, 0.717) is 11.0 Å². The Morgan fingerprint density at radius 3 is 2.79 bits per heavy atom. The number of hydrogen-bond acceptors (Lipinski definition) is 5. The molecule has 1 aromatic heterocycles. The fourth-order valence-corrected chi connectivity index (χ4v) is 3.55. The van der Waals surface area contributed by atoms with Crippen molar-refractivity contribution in [2.75, 3.05) is 6.61 Å². The molecular formula is C22H19NO5. The topological polar surface area (TPSA) is 85.6 Å². The first-order valence-corrected chi connectivity index (χ1v) is 9.19. The molecule has 2 aromatic carbocycles. The summed E-state index contributed by atoms with van der Waals surface area (Å²) in [5.74, 6) is -1.46. The molecule has 1 amide bonds. The van der Waals surface area contributed by atoms with Crippen LogP contribution in [0.25, 0.3) is 11.0 Å². The highest BCUT2D eigenvalue weighted by molar-refractivity contribution is 5.90. The van der Waals surface area contributed by atoms with E-state index < -0.39 is 18.5 Å². The van der Waals surface area contributed by atoms with Crippen molar-refractivity contribution >= 4 is 22.8 Å². The summed E-state index contributed by atoms with van der Waals surface area (Å²) in [5, 5.41) is 3.30. The van der Waals surface area contributed by atoms with Crippen LogP contribution in [0.1, 0.15) is 40.6 Å². The minimum absolute atomic E-state index is 0.0882. The van der Waals surface area contributed by atoms with Crippen molar-refractivity contribution in [3.05, 3.63) is 81.7 Å². The fourth-order valence-electron chi connectivity index (χ4n) is 3.55. The summed E-state index contributed by atoms with van der Waals surface area (Å²) in [5.41, 5.74) is 2.30. The quantitative estimate of drug-likeness (QED) is 0.706. The number of carbonyl (C=O) groups excluding carboxylic acids is 2. The molecule has 1 atom stereocenters. The summed E-state index contributed by atoms with van der Waals surface area (Å²) in [6.45, 7) is -0.436. The summed E-state index contributed by atoms with van der Waals surface area (Å²) in [7, 11) is 0. The molecule has 1 aliphatic carbocycles. The Morgan fingerprint density at radius 1 is 1.11 bits per heavy atom. The number of esters is 1. The Hall–Kier alpha value is -3.41. The molecule has 0 saturated carbocycles. The number of hydrogen-bond donors (Lipinski definition) is 1. The van der Waals surface area contributed by atoms with Crippen LogP contribution in [-0.2, 0) is 16.0 Å². The minimum atomic E-state index is -0.845. The number of benzene rings is 2. The van der Waals surface area contributed by atoms with Gasteiger partial charge in [0.2, 0.25) is 5.76 Å². The van der Waals surface area contributed by atoms with Crippen molar-refractivity contribution in [3.8, 4) is 0 Å². The fraction of sp³-hybridized carbons (Fsp3) is 0.227. The lowest BCUT2D eigenvalue weighted by Crippen LogP contribution is -2.34. The van der Waals surface area contributed by atoms with E-state index in [4.69, 9.17) is 9.15 Å². The van der Waals surface area contributed by atoms with Gasteiger partial charge in [-0.25, -0.2) is 4.79 Å². The zero-order valence-corrected chi connectivity index (χ0v) is 15.1. The van der Waals surface area contributed by atoms with E-state index in [1.165, 1.54) is 5.56 Å². The molecule has 28 heavy (non-hydrogen) atoms. The number of fused-ring (bicyclic) bond motifs is 2. The molecule has 1 unspecified atom stereocenters. The smallest absolute Gasteiger partial charge is 0.374 e. The van der Waals surface area contributed by atoms with E-state index in [9.17, 15) is 14.4 Å². The van der Waals surface area contributed by atoms with E-state index in [1.807, 2.05) is 18.2 Å². The highest BCUT2D eigenvalue weighted by atomic mass is 16.5. The van der Waals surface area contributed by atoms with Gasteiger partial charge in [-0.2, -0.15) is 0 Å². The maximum Gasteiger partial charge on any atom is 0.374 e. The van der Waals surface area contributed by atoms with Crippen LogP contribution in [0.5, 0.6) is 0 Å². The maximum atomic E-state index is 12.3.